The van der Waals surface area contributed by atoms with Crippen LogP contribution in [0.15, 0.2) is 30.6 Å². The summed E-state index contributed by atoms with van der Waals surface area (Å²) in [5.74, 6) is 2.28. The molecule has 29 heavy (non-hydrogen) atoms. The minimum Gasteiger partial charge on any atom is -0.493 e. The van der Waals surface area contributed by atoms with E-state index in [-0.39, 0.29) is 5.91 Å². The Balaban J connectivity index is 1.54. The van der Waals surface area contributed by atoms with Gasteiger partial charge in [-0.05, 0) is 43.3 Å². The van der Waals surface area contributed by atoms with E-state index in [1.807, 2.05) is 35.9 Å². The van der Waals surface area contributed by atoms with Crippen molar-refractivity contribution >= 4 is 11.9 Å². The van der Waals surface area contributed by atoms with Crippen LogP contribution in [0.1, 0.15) is 11.1 Å². The molecule has 2 heterocycles. The predicted molar refractivity (Wildman–Crippen MR) is 111 cm³/mol. The van der Waals surface area contributed by atoms with Crippen LogP contribution in [0.5, 0.6) is 11.5 Å². The van der Waals surface area contributed by atoms with Crippen LogP contribution in [0.25, 0.3) is 0 Å². The van der Waals surface area contributed by atoms with Crippen LogP contribution in [0, 0.1) is 6.92 Å². The maximum Gasteiger partial charge on any atom is 0.236 e. The summed E-state index contributed by atoms with van der Waals surface area (Å²) in [6, 6.07) is 5.75. The van der Waals surface area contributed by atoms with Gasteiger partial charge in [0.25, 0.3) is 0 Å². The first kappa shape index (κ1) is 20.9. The first-order valence-corrected chi connectivity index (χ1v) is 9.71. The van der Waals surface area contributed by atoms with Crippen molar-refractivity contribution in [2.24, 2.45) is 0 Å². The molecule has 1 aromatic carbocycles. The Hall–Kier alpha value is -2.87. The highest BCUT2D eigenvalue weighted by atomic mass is 16.5. The number of carbonyl (C=O) groups is 1. The number of carbonyl (C=O) groups excluding carboxylic acids is 1. The number of piperazine rings is 1. The van der Waals surface area contributed by atoms with Crippen molar-refractivity contribution in [3.63, 3.8) is 0 Å². The molecule has 8 heteroatoms. The van der Waals surface area contributed by atoms with Crippen molar-refractivity contribution in [3.05, 3.63) is 41.7 Å². The lowest BCUT2D eigenvalue weighted by molar-refractivity contribution is -0.132. The molecule has 1 amide bonds. The second-order valence-corrected chi connectivity index (χ2v) is 7.22. The normalized spacial score (nSPS) is 14.2. The number of aromatic nitrogens is 2. The van der Waals surface area contributed by atoms with E-state index in [2.05, 4.69) is 14.9 Å². The van der Waals surface area contributed by atoms with Crippen molar-refractivity contribution in [2.75, 3.05) is 58.9 Å². The molecular formula is C21H29N5O3. The molecule has 0 aliphatic carbocycles. The van der Waals surface area contributed by atoms with Crippen LogP contribution in [-0.2, 0) is 11.3 Å². The molecule has 156 valence electrons. The summed E-state index contributed by atoms with van der Waals surface area (Å²) in [6.45, 7) is 5.92. The summed E-state index contributed by atoms with van der Waals surface area (Å²) in [6.07, 6.45) is 3.48. The van der Waals surface area contributed by atoms with E-state index in [9.17, 15) is 4.79 Å². The summed E-state index contributed by atoms with van der Waals surface area (Å²) in [4.78, 5) is 27.4. The van der Waals surface area contributed by atoms with Crippen LogP contribution in [0.2, 0.25) is 0 Å². The van der Waals surface area contributed by atoms with Crippen molar-refractivity contribution in [1.82, 2.24) is 19.8 Å². The monoisotopic (exact) mass is 399 g/mol. The Morgan fingerprint density at radius 1 is 1.07 bits per heavy atom. The number of rotatable bonds is 7. The van der Waals surface area contributed by atoms with E-state index < -0.39 is 0 Å². The molecule has 0 spiro atoms. The van der Waals surface area contributed by atoms with Crippen LogP contribution in [0.4, 0.5) is 5.95 Å². The van der Waals surface area contributed by atoms with Gasteiger partial charge in [-0.1, -0.05) is 0 Å². The molecule has 2 aromatic rings. The zero-order chi connectivity index (χ0) is 20.8. The lowest BCUT2D eigenvalue weighted by Crippen LogP contribution is -2.51. The molecule has 1 aliphatic heterocycles. The van der Waals surface area contributed by atoms with Crippen LogP contribution < -0.4 is 14.4 Å². The fourth-order valence-corrected chi connectivity index (χ4v) is 3.48. The molecular weight excluding hydrogens is 370 g/mol. The molecule has 3 rings (SSSR count). The smallest absolute Gasteiger partial charge is 0.236 e. The van der Waals surface area contributed by atoms with Gasteiger partial charge in [0.1, 0.15) is 0 Å². The van der Waals surface area contributed by atoms with E-state index in [1.165, 1.54) is 0 Å². The molecule has 1 saturated heterocycles. The van der Waals surface area contributed by atoms with Gasteiger partial charge in [-0.25, -0.2) is 9.97 Å². The van der Waals surface area contributed by atoms with Crippen LogP contribution >= 0.6 is 0 Å². The minimum atomic E-state index is 0.138. The summed E-state index contributed by atoms with van der Waals surface area (Å²) in [7, 11) is 5.22. The lowest BCUT2D eigenvalue weighted by Gasteiger charge is -2.35. The molecule has 1 aromatic heterocycles. The molecule has 0 atom stereocenters. The summed E-state index contributed by atoms with van der Waals surface area (Å²) in [5.41, 5.74) is 2.22. The molecule has 0 N–H and O–H groups in total. The molecule has 8 nitrogen and oxygen atoms in total. The topological polar surface area (TPSA) is 71.0 Å². The Bertz CT molecular complexity index is 823. The number of hydrogen-bond acceptors (Lipinski definition) is 7. The zero-order valence-electron chi connectivity index (χ0n) is 17.6. The van der Waals surface area contributed by atoms with Crippen molar-refractivity contribution in [3.8, 4) is 11.5 Å². The average Bonchev–Trinajstić information content (AvgIpc) is 2.75. The minimum absolute atomic E-state index is 0.138. The van der Waals surface area contributed by atoms with E-state index in [0.29, 0.717) is 37.7 Å². The second-order valence-electron chi connectivity index (χ2n) is 7.22. The molecule has 0 saturated carbocycles. The predicted octanol–water partition coefficient (Wildman–Crippen LogP) is 1.58. The molecule has 0 unspecified atom stereocenters. The Morgan fingerprint density at radius 2 is 1.69 bits per heavy atom. The van der Waals surface area contributed by atoms with Gasteiger partial charge in [-0.2, -0.15) is 0 Å². The van der Waals surface area contributed by atoms with Crippen molar-refractivity contribution in [1.29, 1.82) is 0 Å². The average molecular weight is 399 g/mol. The van der Waals surface area contributed by atoms with Gasteiger partial charge < -0.3 is 19.3 Å². The van der Waals surface area contributed by atoms with Crippen LogP contribution in [0.3, 0.4) is 0 Å². The van der Waals surface area contributed by atoms with Gasteiger partial charge in [0, 0.05) is 45.1 Å². The van der Waals surface area contributed by atoms with Gasteiger partial charge in [0.05, 0.1) is 20.8 Å². The number of nitrogens with zero attached hydrogens (tertiary/aromatic N) is 5. The number of hydrogen-bond donors (Lipinski definition) is 0. The quantitative estimate of drug-likeness (QED) is 0.700. The van der Waals surface area contributed by atoms with Crippen molar-refractivity contribution < 1.29 is 14.3 Å². The van der Waals surface area contributed by atoms with Gasteiger partial charge in [0.15, 0.2) is 11.5 Å². The Morgan fingerprint density at radius 3 is 2.31 bits per heavy atom. The van der Waals surface area contributed by atoms with Gasteiger partial charge in [-0.15, -0.1) is 0 Å². The first-order chi connectivity index (χ1) is 14.0. The van der Waals surface area contributed by atoms with E-state index in [1.54, 1.807) is 32.7 Å². The number of anilines is 1. The highest BCUT2D eigenvalue weighted by Gasteiger charge is 2.23. The third kappa shape index (κ3) is 5.14. The van der Waals surface area contributed by atoms with Gasteiger partial charge in [0.2, 0.25) is 11.9 Å². The number of benzene rings is 1. The number of aryl methyl sites for hydroxylation is 1. The summed E-state index contributed by atoms with van der Waals surface area (Å²) < 4.78 is 10.8. The van der Waals surface area contributed by atoms with Crippen LogP contribution in [-0.4, -0.2) is 79.7 Å². The van der Waals surface area contributed by atoms with E-state index >= 15 is 0 Å². The third-order valence-electron chi connectivity index (χ3n) is 5.15. The number of likely N-dealkylation sites (N-methyl/N-ethyl adjacent to an activating group) is 1. The molecule has 0 radical (unpaired) electrons. The molecule has 1 aliphatic rings. The third-order valence-corrected chi connectivity index (χ3v) is 5.15. The van der Waals surface area contributed by atoms with Crippen molar-refractivity contribution in [2.45, 2.75) is 13.5 Å². The number of ether oxygens (including phenoxy) is 2. The fourth-order valence-electron chi connectivity index (χ4n) is 3.48. The highest BCUT2D eigenvalue weighted by Crippen LogP contribution is 2.30. The zero-order valence-corrected chi connectivity index (χ0v) is 17.6. The standard InChI is InChI=1S/C21H29N5O3/c1-16-12-18(28-3)19(29-4)13-17(16)14-24(2)15-20(27)25-8-10-26(11-9-25)21-22-6-5-7-23-21/h5-7,12-13H,8-11,14-15H2,1-4H3. The lowest BCUT2D eigenvalue weighted by atomic mass is 10.1. The maximum atomic E-state index is 12.7. The number of methoxy groups -OCH3 is 2. The Kier molecular flexibility index (Phi) is 6.87. The summed E-state index contributed by atoms with van der Waals surface area (Å²) in [5, 5.41) is 0. The highest BCUT2D eigenvalue weighted by molar-refractivity contribution is 5.78. The fraction of sp³-hybridized carbons (Fsp3) is 0.476. The van der Waals surface area contributed by atoms with E-state index in [0.717, 1.165) is 30.2 Å². The number of amides is 1. The first-order valence-electron chi connectivity index (χ1n) is 9.71. The van der Waals surface area contributed by atoms with Gasteiger partial charge >= 0.3 is 0 Å². The Labute approximate surface area is 172 Å². The largest absolute Gasteiger partial charge is 0.493 e. The van der Waals surface area contributed by atoms with E-state index in [4.69, 9.17) is 9.47 Å². The second kappa shape index (κ2) is 9.56. The summed E-state index contributed by atoms with van der Waals surface area (Å²) >= 11 is 0. The molecule has 0 bridgehead atoms. The maximum absolute atomic E-state index is 12.7. The van der Waals surface area contributed by atoms with Gasteiger partial charge in [-0.3, -0.25) is 9.69 Å². The SMILES string of the molecule is COc1cc(C)c(CN(C)CC(=O)N2CCN(c3ncccn3)CC2)cc1OC. The molecule has 1 fully saturated rings.